The van der Waals surface area contributed by atoms with Crippen LogP contribution in [0, 0.1) is 32.1 Å². The van der Waals surface area contributed by atoms with Gasteiger partial charge in [-0.05, 0) is 62.2 Å². The largest absolute Gasteiger partial charge is 0.496 e. The van der Waals surface area contributed by atoms with E-state index in [9.17, 15) is 0 Å². The van der Waals surface area contributed by atoms with Crippen molar-refractivity contribution < 1.29 is 9.47 Å². The Morgan fingerprint density at radius 1 is 0.903 bits per heavy atom. The summed E-state index contributed by atoms with van der Waals surface area (Å²) in [7, 11) is 3.73. The molecule has 160 valence electrons. The Hall–Kier alpha value is -3.29. The lowest BCUT2D eigenvalue weighted by atomic mass is 10.0. The Morgan fingerprint density at radius 2 is 1.65 bits per heavy atom. The van der Waals surface area contributed by atoms with Crippen molar-refractivity contribution in [2.45, 2.75) is 40.5 Å². The second-order valence-electron chi connectivity index (χ2n) is 8.15. The second kappa shape index (κ2) is 10.1. The van der Waals surface area contributed by atoms with Crippen molar-refractivity contribution in [2.75, 3.05) is 14.2 Å². The van der Waals surface area contributed by atoms with E-state index in [1.165, 1.54) is 16.7 Å². The molecule has 0 N–H and O–H groups in total. The van der Waals surface area contributed by atoms with E-state index in [4.69, 9.17) is 14.7 Å². The molecular weight excluding hydrogens is 384 g/mol. The lowest BCUT2D eigenvalue weighted by Crippen LogP contribution is -2.18. The van der Waals surface area contributed by atoms with Gasteiger partial charge in [-0.2, -0.15) is 5.26 Å². The van der Waals surface area contributed by atoms with E-state index in [0.717, 1.165) is 41.3 Å². The fraction of sp³-hybridized carbons (Fsp3) is 0.296. The SMILES string of the molecule is COc1cc(C#N)ccc1CN(C)Cc1cc(C)c(OCc2cccc(C)c2)c(C)c1. The van der Waals surface area contributed by atoms with Crippen LogP contribution in [-0.2, 0) is 19.7 Å². The van der Waals surface area contributed by atoms with Gasteiger partial charge in [0.25, 0.3) is 0 Å². The van der Waals surface area contributed by atoms with E-state index in [1.807, 2.05) is 12.1 Å². The summed E-state index contributed by atoms with van der Waals surface area (Å²) >= 11 is 0. The lowest BCUT2D eigenvalue weighted by Gasteiger charge is -2.20. The topological polar surface area (TPSA) is 45.5 Å². The van der Waals surface area contributed by atoms with Crippen molar-refractivity contribution in [3.63, 3.8) is 0 Å². The zero-order chi connectivity index (χ0) is 22.4. The Bertz CT molecular complexity index is 1080. The number of hydrogen-bond acceptors (Lipinski definition) is 4. The molecule has 4 heteroatoms. The van der Waals surface area contributed by atoms with Gasteiger partial charge in [0.05, 0.1) is 18.7 Å². The third-order valence-corrected chi connectivity index (χ3v) is 5.29. The van der Waals surface area contributed by atoms with Crippen molar-refractivity contribution in [1.29, 1.82) is 5.26 Å². The smallest absolute Gasteiger partial charge is 0.125 e. The molecule has 0 saturated carbocycles. The van der Waals surface area contributed by atoms with Crippen LogP contribution in [-0.4, -0.2) is 19.1 Å². The molecule has 0 saturated heterocycles. The van der Waals surface area contributed by atoms with Crippen LogP contribution in [0.25, 0.3) is 0 Å². The number of rotatable bonds is 8. The Balaban J connectivity index is 1.68. The summed E-state index contributed by atoms with van der Waals surface area (Å²) in [5.74, 6) is 1.71. The molecule has 3 rings (SSSR count). The van der Waals surface area contributed by atoms with Crippen LogP contribution in [0.3, 0.4) is 0 Å². The highest BCUT2D eigenvalue weighted by Gasteiger charge is 2.11. The van der Waals surface area contributed by atoms with Gasteiger partial charge in [0.2, 0.25) is 0 Å². The molecule has 0 spiro atoms. The van der Waals surface area contributed by atoms with Gasteiger partial charge >= 0.3 is 0 Å². The Kier molecular flexibility index (Phi) is 7.33. The molecule has 0 radical (unpaired) electrons. The normalized spacial score (nSPS) is 10.7. The molecule has 3 aromatic rings. The van der Waals surface area contributed by atoms with Gasteiger partial charge in [0, 0.05) is 18.7 Å². The van der Waals surface area contributed by atoms with Crippen LogP contribution in [0.15, 0.2) is 54.6 Å². The average Bonchev–Trinajstić information content (AvgIpc) is 2.73. The van der Waals surface area contributed by atoms with Crippen LogP contribution in [0.1, 0.15) is 38.9 Å². The molecule has 0 amide bonds. The number of methoxy groups -OCH3 is 1. The zero-order valence-electron chi connectivity index (χ0n) is 19.0. The van der Waals surface area contributed by atoms with E-state index in [1.54, 1.807) is 13.2 Å². The maximum Gasteiger partial charge on any atom is 0.125 e. The Labute approximate surface area is 185 Å². The molecule has 4 nitrogen and oxygen atoms in total. The third kappa shape index (κ3) is 5.87. The highest BCUT2D eigenvalue weighted by molar-refractivity contribution is 5.44. The molecule has 0 aliphatic heterocycles. The number of aryl methyl sites for hydroxylation is 3. The summed E-state index contributed by atoms with van der Waals surface area (Å²) < 4.78 is 11.6. The highest BCUT2D eigenvalue weighted by Crippen LogP contribution is 2.27. The summed E-state index contributed by atoms with van der Waals surface area (Å²) in [6.07, 6.45) is 0. The van der Waals surface area contributed by atoms with Crippen molar-refractivity contribution >= 4 is 0 Å². The summed E-state index contributed by atoms with van der Waals surface area (Å²) in [4.78, 5) is 2.24. The quantitative estimate of drug-likeness (QED) is 0.474. The highest BCUT2D eigenvalue weighted by atomic mass is 16.5. The third-order valence-electron chi connectivity index (χ3n) is 5.29. The number of nitrogens with zero attached hydrogens (tertiary/aromatic N) is 2. The molecule has 0 aliphatic carbocycles. The fourth-order valence-corrected chi connectivity index (χ4v) is 3.92. The van der Waals surface area contributed by atoms with Crippen LogP contribution in [0.2, 0.25) is 0 Å². The minimum absolute atomic E-state index is 0.571. The molecule has 0 fully saturated rings. The van der Waals surface area contributed by atoms with E-state index in [-0.39, 0.29) is 0 Å². The molecular formula is C27H30N2O2. The molecule has 0 aromatic heterocycles. The Morgan fingerprint density at radius 3 is 2.29 bits per heavy atom. The summed E-state index contributed by atoms with van der Waals surface area (Å²) in [6.45, 7) is 8.42. The molecule has 3 aromatic carbocycles. The average molecular weight is 415 g/mol. The fourth-order valence-electron chi connectivity index (χ4n) is 3.92. The minimum Gasteiger partial charge on any atom is -0.496 e. The molecule has 0 heterocycles. The number of benzene rings is 3. The van der Waals surface area contributed by atoms with E-state index >= 15 is 0 Å². The van der Waals surface area contributed by atoms with Crippen LogP contribution in [0.5, 0.6) is 11.5 Å². The van der Waals surface area contributed by atoms with Gasteiger partial charge in [0.15, 0.2) is 0 Å². The maximum atomic E-state index is 9.09. The summed E-state index contributed by atoms with van der Waals surface area (Å²) in [5.41, 5.74) is 7.63. The monoisotopic (exact) mass is 414 g/mol. The van der Waals surface area contributed by atoms with Crippen molar-refractivity contribution in [1.82, 2.24) is 4.90 Å². The lowest BCUT2D eigenvalue weighted by molar-refractivity contribution is 0.299. The van der Waals surface area contributed by atoms with Gasteiger partial charge in [0.1, 0.15) is 18.1 Å². The van der Waals surface area contributed by atoms with E-state index in [0.29, 0.717) is 12.2 Å². The predicted molar refractivity (Wildman–Crippen MR) is 124 cm³/mol. The molecule has 0 bridgehead atoms. The van der Waals surface area contributed by atoms with Gasteiger partial charge in [-0.15, -0.1) is 0 Å². The van der Waals surface area contributed by atoms with Gasteiger partial charge in [-0.3, -0.25) is 4.90 Å². The summed E-state index contributed by atoms with van der Waals surface area (Å²) in [5, 5.41) is 9.09. The number of ether oxygens (including phenoxy) is 2. The molecule has 31 heavy (non-hydrogen) atoms. The van der Waals surface area contributed by atoms with E-state index in [2.05, 4.69) is 75.2 Å². The van der Waals surface area contributed by atoms with Crippen molar-refractivity contribution in [3.05, 3.63) is 93.5 Å². The van der Waals surface area contributed by atoms with Crippen molar-refractivity contribution in [2.24, 2.45) is 0 Å². The summed E-state index contributed by atoms with van der Waals surface area (Å²) in [6, 6.07) is 20.6. The molecule has 0 atom stereocenters. The second-order valence-corrected chi connectivity index (χ2v) is 8.15. The number of nitriles is 1. The van der Waals surface area contributed by atoms with Crippen LogP contribution >= 0.6 is 0 Å². The minimum atomic E-state index is 0.571. The standard InChI is InChI=1S/C27H30N2O2/c1-19-7-6-8-23(11-19)18-31-27-20(2)12-24(13-21(27)3)16-29(4)17-25-10-9-22(15-28)14-26(25)30-5/h6-14H,16-18H2,1-5H3. The van der Waals surface area contributed by atoms with Crippen LogP contribution < -0.4 is 9.47 Å². The first-order valence-corrected chi connectivity index (χ1v) is 10.4. The molecule has 0 unspecified atom stereocenters. The van der Waals surface area contributed by atoms with Crippen molar-refractivity contribution in [3.8, 4) is 17.6 Å². The van der Waals surface area contributed by atoms with E-state index < -0.39 is 0 Å². The zero-order valence-corrected chi connectivity index (χ0v) is 19.0. The first-order valence-electron chi connectivity index (χ1n) is 10.4. The molecule has 0 aliphatic rings. The first kappa shape index (κ1) is 22.4. The van der Waals surface area contributed by atoms with Crippen LogP contribution in [0.4, 0.5) is 0 Å². The van der Waals surface area contributed by atoms with Gasteiger partial charge in [-0.25, -0.2) is 0 Å². The van der Waals surface area contributed by atoms with Gasteiger partial charge < -0.3 is 9.47 Å². The first-order chi connectivity index (χ1) is 14.9. The predicted octanol–water partition coefficient (Wildman–Crippen LogP) is 5.70. The van der Waals surface area contributed by atoms with Gasteiger partial charge in [-0.1, -0.05) is 48.0 Å². The number of hydrogen-bond donors (Lipinski definition) is 0. The maximum absolute atomic E-state index is 9.09.